The summed E-state index contributed by atoms with van der Waals surface area (Å²) in [5, 5.41) is 5.25. The van der Waals surface area contributed by atoms with Crippen molar-refractivity contribution in [3.05, 3.63) is 68.7 Å². The van der Waals surface area contributed by atoms with E-state index in [1.165, 1.54) is 6.07 Å². The number of thiophene rings is 1. The second kappa shape index (κ2) is 5.54. The topological polar surface area (TPSA) is 59.3 Å². The molecule has 3 rings (SSSR count). The number of rotatable bonds is 3. The Hall–Kier alpha value is -2.40. The number of hydrogen-bond donors (Lipinski definition) is 1. The summed E-state index contributed by atoms with van der Waals surface area (Å²) >= 11 is 1.57. The van der Waals surface area contributed by atoms with Gasteiger partial charge >= 0.3 is 0 Å². The zero-order valence-electron chi connectivity index (χ0n) is 11.3. The molecule has 0 spiro atoms. The van der Waals surface area contributed by atoms with Gasteiger partial charge in [0.05, 0.1) is 11.4 Å². The molecule has 21 heavy (non-hydrogen) atoms. The van der Waals surface area contributed by atoms with Gasteiger partial charge in [0.2, 0.25) is 0 Å². The van der Waals surface area contributed by atoms with Crippen LogP contribution in [0.25, 0.3) is 11.0 Å². The highest BCUT2D eigenvalue weighted by Crippen LogP contribution is 2.19. The van der Waals surface area contributed by atoms with E-state index in [1.807, 2.05) is 24.4 Å². The second-order valence-corrected chi connectivity index (χ2v) is 5.66. The van der Waals surface area contributed by atoms with Gasteiger partial charge in [-0.15, -0.1) is 11.3 Å². The maximum atomic E-state index is 12.2. The van der Waals surface area contributed by atoms with Gasteiger partial charge < -0.3 is 9.73 Å². The van der Waals surface area contributed by atoms with E-state index in [1.54, 1.807) is 35.6 Å². The fourth-order valence-electron chi connectivity index (χ4n) is 2.09. The number of fused-ring (bicyclic) bond motifs is 1. The summed E-state index contributed by atoms with van der Waals surface area (Å²) in [6.07, 6.45) is 0. The lowest BCUT2D eigenvalue weighted by molar-refractivity contribution is 0.0913. The number of hydrogen-bond acceptors (Lipinski definition) is 4. The standard InChI is InChI=1S/C16H13NO3S/c1-10(15-7-4-8-21-15)17-16(19)14-9-12(18)11-5-2-3-6-13(11)20-14/h2-10H,1H3,(H,17,19)/t10-/m1/s1. The lowest BCUT2D eigenvalue weighted by atomic mass is 10.2. The third kappa shape index (κ3) is 2.73. The Morgan fingerprint density at radius 2 is 2.05 bits per heavy atom. The Morgan fingerprint density at radius 1 is 1.24 bits per heavy atom. The molecular weight excluding hydrogens is 286 g/mol. The van der Waals surface area contributed by atoms with Crippen molar-refractivity contribution in [2.24, 2.45) is 0 Å². The van der Waals surface area contributed by atoms with E-state index in [2.05, 4.69) is 5.32 Å². The third-order valence-electron chi connectivity index (χ3n) is 3.18. The normalized spacial score (nSPS) is 12.2. The van der Waals surface area contributed by atoms with Gasteiger partial charge in [-0.3, -0.25) is 9.59 Å². The third-order valence-corrected chi connectivity index (χ3v) is 4.23. The summed E-state index contributed by atoms with van der Waals surface area (Å²) < 4.78 is 5.51. The molecular formula is C16H13NO3S. The van der Waals surface area contributed by atoms with Gasteiger partial charge in [0, 0.05) is 10.9 Å². The molecule has 5 heteroatoms. The smallest absolute Gasteiger partial charge is 0.287 e. The summed E-state index contributed by atoms with van der Waals surface area (Å²) in [5.41, 5.74) is 0.199. The maximum absolute atomic E-state index is 12.2. The van der Waals surface area contributed by atoms with Crippen molar-refractivity contribution in [2.75, 3.05) is 0 Å². The molecule has 2 heterocycles. The van der Waals surface area contributed by atoms with E-state index in [0.29, 0.717) is 11.0 Å². The van der Waals surface area contributed by atoms with Crippen LogP contribution in [-0.4, -0.2) is 5.91 Å². The number of carbonyl (C=O) groups excluding carboxylic acids is 1. The van der Waals surface area contributed by atoms with Crippen molar-refractivity contribution in [1.29, 1.82) is 0 Å². The average Bonchev–Trinajstić information content (AvgIpc) is 3.01. The molecule has 0 aliphatic rings. The van der Waals surface area contributed by atoms with Crippen LogP contribution < -0.4 is 10.7 Å². The van der Waals surface area contributed by atoms with Crippen LogP contribution in [-0.2, 0) is 0 Å². The quantitative estimate of drug-likeness (QED) is 0.807. The number of nitrogens with one attached hydrogen (secondary N) is 1. The van der Waals surface area contributed by atoms with Crippen molar-refractivity contribution in [1.82, 2.24) is 5.32 Å². The first-order chi connectivity index (χ1) is 10.1. The van der Waals surface area contributed by atoms with Crippen LogP contribution in [0.15, 0.2) is 57.1 Å². The van der Waals surface area contributed by atoms with Crippen LogP contribution in [0.1, 0.15) is 28.4 Å². The lowest BCUT2D eigenvalue weighted by Crippen LogP contribution is -2.26. The Balaban J connectivity index is 1.90. The Kier molecular flexibility index (Phi) is 3.58. The number of benzene rings is 1. The van der Waals surface area contributed by atoms with E-state index in [4.69, 9.17) is 4.42 Å². The molecule has 3 aromatic rings. The van der Waals surface area contributed by atoms with Crippen LogP contribution >= 0.6 is 11.3 Å². The number of carbonyl (C=O) groups is 1. The van der Waals surface area contributed by atoms with Gasteiger partial charge in [-0.25, -0.2) is 0 Å². The predicted octanol–water partition coefficient (Wildman–Crippen LogP) is 3.35. The van der Waals surface area contributed by atoms with Crippen molar-refractivity contribution < 1.29 is 9.21 Å². The first-order valence-electron chi connectivity index (χ1n) is 6.52. The summed E-state index contributed by atoms with van der Waals surface area (Å²) in [6, 6.07) is 11.9. The van der Waals surface area contributed by atoms with Crippen LogP contribution in [0, 0.1) is 0 Å². The summed E-state index contributed by atoms with van der Waals surface area (Å²) in [6.45, 7) is 1.89. The van der Waals surface area contributed by atoms with E-state index >= 15 is 0 Å². The molecule has 1 atom stereocenters. The molecule has 0 unspecified atom stereocenters. The van der Waals surface area contributed by atoms with Crippen LogP contribution in [0.2, 0.25) is 0 Å². The fourth-order valence-corrected chi connectivity index (χ4v) is 2.83. The van der Waals surface area contributed by atoms with E-state index < -0.39 is 5.91 Å². The first kappa shape index (κ1) is 13.6. The molecule has 0 aliphatic heterocycles. The molecule has 0 aliphatic carbocycles. The van der Waals surface area contributed by atoms with Crippen molar-refractivity contribution in [3.8, 4) is 0 Å². The number of para-hydroxylation sites is 1. The van der Waals surface area contributed by atoms with Crippen LogP contribution in [0.5, 0.6) is 0 Å². The highest BCUT2D eigenvalue weighted by atomic mass is 32.1. The molecule has 2 aromatic heterocycles. The average molecular weight is 299 g/mol. The second-order valence-electron chi connectivity index (χ2n) is 4.68. The summed E-state index contributed by atoms with van der Waals surface area (Å²) in [7, 11) is 0. The summed E-state index contributed by atoms with van der Waals surface area (Å²) in [5.74, 6) is -0.360. The van der Waals surface area contributed by atoms with Gasteiger partial charge in [0.1, 0.15) is 5.58 Å². The SMILES string of the molecule is C[C@@H](NC(=O)c1cc(=O)c2ccccc2o1)c1cccs1. The van der Waals surface area contributed by atoms with Crippen molar-refractivity contribution in [3.63, 3.8) is 0 Å². The Labute approximate surface area is 125 Å². The van der Waals surface area contributed by atoms with Crippen LogP contribution in [0.3, 0.4) is 0 Å². The van der Waals surface area contributed by atoms with Crippen molar-refractivity contribution in [2.45, 2.75) is 13.0 Å². The molecule has 0 bridgehead atoms. The van der Waals surface area contributed by atoms with Gasteiger partial charge in [-0.1, -0.05) is 18.2 Å². The fraction of sp³-hybridized carbons (Fsp3) is 0.125. The Morgan fingerprint density at radius 3 is 2.81 bits per heavy atom. The molecule has 0 fully saturated rings. The lowest BCUT2D eigenvalue weighted by Gasteiger charge is -2.11. The highest BCUT2D eigenvalue weighted by molar-refractivity contribution is 7.10. The molecule has 1 amide bonds. The first-order valence-corrected chi connectivity index (χ1v) is 7.40. The zero-order valence-corrected chi connectivity index (χ0v) is 12.1. The van der Waals surface area contributed by atoms with E-state index in [9.17, 15) is 9.59 Å². The Bertz CT molecular complexity index is 836. The van der Waals surface area contributed by atoms with Gasteiger partial charge in [-0.2, -0.15) is 0 Å². The molecule has 1 aromatic carbocycles. The molecule has 0 radical (unpaired) electrons. The predicted molar refractivity (Wildman–Crippen MR) is 82.7 cm³/mol. The van der Waals surface area contributed by atoms with E-state index in [0.717, 1.165) is 4.88 Å². The van der Waals surface area contributed by atoms with Gasteiger partial charge in [0.25, 0.3) is 5.91 Å². The van der Waals surface area contributed by atoms with E-state index in [-0.39, 0.29) is 17.2 Å². The van der Waals surface area contributed by atoms with Crippen molar-refractivity contribution >= 4 is 28.2 Å². The number of amides is 1. The minimum atomic E-state index is -0.390. The zero-order chi connectivity index (χ0) is 14.8. The van der Waals surface area contributed by atoms with Gasteiger partial charge in [0.15, 0.2) is 11.2 Å². The highest BCUT2D eigenvalue weighted by Gasteiger charge is 2.15. The largest absolute Gasteiger partial charge is 0.451 e. The minimum Gasteiger partial charge on any atom is -0.451 e. The summed E-state index contributed by atoms with van der Waals surface area (Å²) in [4.78, 5) is 25.2. The minimum absolute atomic E-state index is 0.0297. The van der Waals surface area contributed by atoms with Gasteiger partial charge in [-0.05, 0) is 30.5 Å². The molecule has 1 N–H and O–H groups in total. The maximum Gasteiger partial charge on any atom is 0.287 e. The van der Waals surface area contributed by atoms with Crippen LogP contribution in [0.4, 0.5) is 0 Å². The molecule has 106 valence electrons. The molecule has 0 saturated carbocycles. The monoisotopic (exact) mass is 299 g/mol. The molecule has 4 nitrogen and oxygen atoms in total. The molecule has 0 saturated heterocycles.